The molecule has 0 radical (unpaired) electrons. The predicted molar refractivity (Wildman–Crippen MR) is 127 cm³/mol. The summed E-state index contributed by atoms with van der Waals surface area (Å²) in [6.45, 7) is 1.53. The molecule has 0 unspecified atom stereocenters. The van der Waals surface area contributed by atoms with E-state index in [2.05, 4.69) is 35.2 Å². The lowest BCUT2D eigenvalue weighted by molar-refractivity contribution is -0.133. The number of hydrogen-bond donors (Lipinski definition) is 2. The summed E-state index contributed by atoms with van der Waals surface area (Å²) in [6.07, 6.45) is 0.233. The van der Waals surface area contributed by atoms with E-state index in [-0.39, 0.29) is 18.6 Å². The van der Waals surface area contributed by atoms with Gasteiger partial charge in [-0.15, -0.1) is 0 Å². The number of sulfone groups is 1. The van der Waals surface area contributed by atoms with Gasteiger partial charge in [0.2, 0.25) is 0 Å². The molecule has 7 nitrogen and oxygen atoms in total. The van der Waals surface area contributed by atoms with Crippen LogP contribution in [0.15, 0.2) is 66.7 Å². The summed E-state index contributed by atoms with van der Waals surface area (Å²) in [7, 11) is -2.35. The molecular formula is C25H28N2O5S. The molecule has 1 amide bonds. The SMILES string of the molecule is COc1ccc(CS(=O)(=O)C2(C(=O)NO)CCN(Cc3ccc4ccccc4c3)CC2)cc1. The number of hydroxylamine groups is 1. The summed E-state index contributed by atoms with van der Waals surface area (Å²) >= 11 is 0. The summed E-state index contributed by atoms with van der Waals surface area (Å²) in [4.78, 5) is 14.8. The Morgan fingerprint density at radius 2 is 1.64 bits per heavy atom. The summed E-state index contributed by atoms with van der Waals surface area (Å²) < 4.78 is 30.3. The van der Waals surface area contributed by atoms with Gasteiger partial charge in [-0.2, -0.15) is 0 Å². The van der Waals surface area contributed by atoms with E-state index in [1.165, 1.54) is 12.5 Å². The summed E-state index contributed by atoms with van der Waals surface area (Å²) in [5.41, 5.74) is 3.32. The molecule has 1 aliphatic heterocycles. The fraction of sp³-hybridized carbons (Fsp3) is 0.320. The van der Waals surface area contributed by atoms with Crippen LogP contribution in [0.2, 0.25) is 0 Å². The number of rotatable bonds is 7. The first-order chi connectivity index (χ1) is 15.9. The highest BCUT2D eigenvalue weighted by molar-refractivity contribution is 7.92. The monoisotopic (exact) mass is 468 g/mol. The molecule has 1 heterocycles. The highest BCUT2D eigenvalue weighted by atomic mass is 32.2. The van der Waals surface area contributed by atoms with Crippen molar-refractivity contribution in [2.45, 2.75) is 29.9 Å². The number of fused-ring (bicyclic) bond motifs is 1. The number of ether oxygens (including phenoxy) is 1. The molecule has 1 saturated heterocycles. The molecule has 0 atom stereocenters. The average Bonchev–Trinajstić information content (AvgIpc) is 2.84. The van der Waals surface area contributed by atoms with Crippen LogP contribution in [-0.2, 0) is 26.9 Å². The second kappa shape index (κ2) is 9.51. The Morgan fingerprint density at radius 1 is 1.00 bits per heavy atom. The van der Waals surface area contributed by atoms with Crippen LogP contribution >= 0.6 is 0 Å². The van der Waals surface area contributed by atoms with E-state index >= 15 is 0 Å². The number of methoxy groups -OCH3 is 1. The molecule has 8 heteroatoms. The number of nitrogens with zero attached hydrogens (tertiary/aromatic N) is 1. The molecule has 0 bridgehead atoms. The zero-order valence-corrected chi connectivity index (χ0v) is 19.3. The van der Waals surface area contributed by atoms with Gasteiger partial charge < -0.3 is 4.74 Å². The highest BCUT2D eigenvalue weighted by Gasteiger charge is 2.52. The third kappa shape index (κ3) is 4.73. The normalized spacial score (nSPS) is 16.4. The Labute approximate surface area is 193 Å². The minimum Gasteiger partial charge on any atom is -0.497 e. The number of carbonyl (C=O) groups excluding carboxylic acids is 1. The predicted octanol–water partition coefficient (Wildman–Crippen LogP) is 3.30. The standard InChI is InChI=1S/C25H28N2O5S/c1-32-23-10-7-19(8-11-23)18-33(30,31)25(24(28)26-29)12-14-27(15-13-25)17-20-6-9-21-4-2-3-5-22(21)16-20/h2-11,16,29H,12-15,17-18H2,1H3,(H,26,28). The molecule has 0 spiro atoms. The van der Waals surface area contributed by atoms with E-state index < -0.39 is 20.5 Å². The number of piperidine rings is 1. The van der Waals surface area contributed by atoms with E-state index in [0.29, 0.717) is 30.9 Å². The van der Waals surface area contributed by atoms with Crippen LogP contribution < -0.4 is 10.2 Å². The van der Waals surface area contributed by atoms with Crippen molar-refractivity contribution >= 4 is 26.5 Å². The number of hydrogen-bond acceptors (Lipinski definition) is 6. The average molecular weight is 469 g/mol. The van der Waals surface area contributed by atoms with Crippen molar-refractivity contribution < 1.29 is 23.2 Å². The smallest absolute Gasteiger partial charge is 0.264 e. The van der Waals surface area contributed by atoms with Gasteiger partial charge in [0.25, 0.3) is 5.91 Å². The van der Waals surface area contributed by atoms with Crippen molar-refractivity contribution in [2.75, 3.05) is 20.2 Å². The number of amides is 1. The molecule has 2 N–H and O–H groups in total. The molecule has 0 aromatic heterocycles. The van der Waals surface area contributed by atoms with E-state index in [4.69, 9.17) is 4.74 Å². The topological polar surface area (TPSA) is 95.9 Å². The van der Waals surface area contributed by atoms with Crippen LogP contribution in [0.5, 0.6) is 5.75 Å². The Morgan fingerprint density at radius 3 is 2.27 bits per heavy atom. The largest absolute Gasteiger partial charge is 0.497 e. The van der Waals surface area contributed by atoms with Gasteiger partial charge in [0, 0.05) is 19.6 Å². The van der Waals surface area contributed by atoms with Gasteiger partial charge in [0.05, 0.1) is 12.9 Å². The molecule has 0 saturated carbocycles. The molecule has 174 valence electrons. The van der Waals surface area contributed by atoms with Crippen LogP contribution in [0.25, 0.3) is 10.8 Å². The Kier molecular flexibility index (Phi) is 6.69. The molecular weight excluding hydrogens is 440 g/mol. The van der Waals surface area contributed by atoms with E-state index in [1.807, 2.05) is 12.1 Å². The molecule has 4 rings (SSSR count). The van der Waals surface area contributed by atoms with E-state index in [1.54, 1.807) is 29.7 Å². The van der Waals surface area contributed by atoms with Gasteiger partial charge in [-0.3, -0.25) is 14.9 Å². The van der Waals surface area contributed by atoms with Gasteiger partial charge in [-0.1, -0.05) is 48.5 Å². The van der Waals surface area contributed by atoms with Crippen molar-refractivity contribution in [1.29, 1.82) is 0 Å². The van der Waals surface area contributed by atoms with Crippen molar-refractivity contribution in [3.8, 4) is 5.75 Å². The first kappa shape index (κ1) is 23.2. The number of benzene rings is 3. The van der Waals surface area contributed by atoms with Gasteiger partial charge in [0.1, 0.15) is 5.75 Å². The van der Waals surface area contributed by atoms with Gasteiger partial charge in [-0.25, -0.2) is 13.9 Å². The first-order valence-electron chi connectivity index (χ1n) is 10.9. The molecule has 33 heavy (non-hydrogen) atoms. The number of nitrogens with one attached hydrogen (secondary N) is 1. The van der Waals surface area contributed by atoms with Crippen LogP contribution in [0.3, 0.4) is 0 Å². The number of likely N-dealkylation sites (tertiary alicyclic amines) is 1. The third-order valence-electron chi connectivity index (χ3n) is 6.51. The summed E-state index contributed by atoms with van der Waals surface area (Å²) in [5, 5.41) is 11.7. The lowest BCUT2D eigenvalue weighted by Gasteiger charge is -2.39. The summed E-state index contributed by atoms with van der Waals surface area (Å²) in [5.74, 6) is -0.517. The summed E-state index contributed by atoms with van der Waals surface area (Å²) in [6, 6.07) is 21.2. The number of carbonyl (C=O) groups is 1. The maximum atomic E-state index is 13.4. The molecule has 1 aliphatic rings. The fourth-order valence-corrected chi connectivity index (χ4v) is 6.57. The molecule has 0 aliphatic carbocycles. The fourth-order valence-electron chi connectivity index (χ4n) is 4.53. The Balaban J connectivity index is 1.50. The zero-order chi connectivity index (χ0) is 23.5. The van der Waals surface area contributed by atoms with Crippen molar-refractivity contribution in [3.63, 3.8) is 0 Å². The maximum absolute atomic E-state index is 13.4. The lowest BCUT2D eigenvalue weighted by atomic mass is 9.94. The van der Waals surface area contributed by atoms with Crippen LogP contribution in [0.1, 0.15) is 24.0 Å². The molecule has 3 aromatic rings. The van der Waals surface area contributed by atoms with Crippen LogP contribution in [-0.4, -0.2) is 49.4 Å². The second-order valence-electron chi connectivity index (χ2n) is 8.50. The van der Waals surface area contributed by atoms with Crippen LogP contribution in [0, 0.1) is 0 Å². The van der Waals surface area contributed by atoms with E-state index in [0.717, 1.165) is 10.9 Å². The van der Waals surface area contributed by atoms with Gasteiger partial charge >= 0.3 is 0 Å². The second-order valence-corrected chi connectivity index (χ2v) is 10.8. The minimum absolute atomic E-state index is 0.117. The first-order valence-corrected chi connectivity index (χ1v) is 12.5. The Bertz CT molecular complexity index is 1230. The van der Waals surface area contributed by atoms with Crippen molar-refractivity contribution in [1.82, 2.24) is 10.4 Å². The van der Waals surface area contributed by atoms with Gasteiger partial charge in [0.15, 0.2) is 14.6 Å². The van der Waals surface area contributed by atoms with Crippen molar-refractivity contribution in [3.05, 3.63) is 77.9 Å². The lowest BCUT2D eigenvalue weighted by Crippen LogP contribution is -2.57. The van der Waals surface area contributed by atoms with Crippen molar-refractivity contribution in [2.24, 2.45) is 0 Å². The molecule has 3 aromatic carbocycles. The quantitative estimate of drug-likeness (QED) is 0.408. The van der Waals surface area contributed by atoms with Gasteiger partial charge in [-0.05, 0) is 52.9 Å². The minimum atomic E-state index is -3.89. The van der Waals surface area contributed by atoms with Crippen LogP contribution in [0.4, 0.5) is 0 Å². The third-order valence-corrected chi connectivity index (χ3v) is 9.01. The maximum Gasteiger partial charge on any atom is 0.264 e. The Hall–Kier alpha value is -2.94. The zero-order valence-electron chi connectivity index (χ0n) is 18.5. The van der Waals surface area contributed by atoms with E-state index in [9.17, 15) is 18.4 Å². The highest BCUT2D eigenvalue weighted by Crippen LogP contribution is 2.34. The molecule has 1 fully saturated rings.